The molecule has 3 rings (SSSR count). The van der Waals surface area contributed by atoms with Crippen LogP contribution in [0.4, 0.5) is 0 Å². The molecule has 1 heterocycles. The fourth-order valence-corrected chi connectivity index (χ4v) is 3.13. The topological polar surface area (TPSA) is 25.8 Å². The number of benzene rings is 1. The van der Waals surface area contributed by atoms with Gasteiger partial charge in [0.05, 0.1) is 0 Å². The van der Waals surface area contributed by atoms with Gasteiger partial charge >= 0.3 is 0 Å². The van der Waals surface area contributed by atoms with Crippen LogP contribution in [-0.4, -0.2) is 9.97 Å². The van der Waals surface area contributed by atoms with Crippen molar-refractivity contribution in [3.05, 3.63) is 59.2 Å². The van der Waals surface area contributed by atoms with Gasteiger partial charge in [-0.1, -0.05) is 64.0 Å². The molecule has 2 nitrogen and oxygen atoms in total. The van der Waals surface area contributed by atoms with E-state index in [9.17, 15) is 0 Å². The summed E-state index contributed by atoms with van der Waals surface area (Å²) in [6.45, 7) is 8.37. The van der Waals surface area contributed by atoms with Gasteiger partial charge in [0.2, 0.25) is 0 Å². The van der Waals surface area contributed by atoms with Crippen molar-refractivity contribution < 1.29 is 0 Å². The molecule has 0 atom stereocenters. The lowest BCUT2D eigenvalue weighted by atomic mass is 9.79. The maximum absolute atomic E-state index is 4.29. The zero-order valence-corrected chi connectivity index (χ0v) is 15.5. The van der Waals surface area contributed by atoms with Gasteiger partial charge in [0, 0.05) is 12.4 Å². The molecule has 0 amide bonds. The standard InChI is InChI=1S/C20H24N2.C2H6/c1-15-3-8-18(9-4-15)19-10-5-17(6-11-19)7-12-20-21-13-16(2)14-22-20;1-2/h5-7,10-15,18H,3-4,8-9H2,1-2H3;1-2H3/b12-7+;. The highest BCUT2D eigenvalue weighted by Crippen LogP contribution is 2.35. The van der Waals surface area contributed by atoms with E-state index in [1.54, 1.807) is 0 Å². The average molecular weight is 322 g/mol. The minimum Gasteiger partial charge on any atom is -0.237 e. The van der Waals surface area contributed by atoms with Crippen molar-refractivity contribution in [2.75, 3.05) is 0 Å². The normalized spacial score (nSPS) is 20.5. The number of aromatic nitrogens is 2. The van der Waals surface area contributed by atoms with Gasteiger partial charge in [-0.15, -0.1) is 0 Å². The Balaban J connectivity index is 0.00000100. The molecular weight excluding hydrogens is 292 g/mol. The third-order valence-electron chi connectivity index (χ3n) is 4.65. The summed E-state index contributed by atoms with van der Waals surface area (Å²) >= 11 is 0. The molecule has 0 saturated heterocycles. The van der Waals surface area contributed by atoms with Crippen LogP contribution in [0.5, 0.6) is 0 Å². The molecule has 1 fully saturated rings. The van der Waals surface area contributed by atoms with Gasteiger partial charge in [0.1, 0.15) is 0 Å². The zero-order valence-electron chi connectivity index (χ0n) is 15.5. The van der Waals surface area contributed by atoms with E-state index < -0.39 is 0 Å². The Kier molecular flexibility index (Phi) is 7.17. The van der Waals surface area contributed by atoms with Gasteiger partial charge in [0.15, 0.2) is 5.82 Å². The molecule has 1 aliphatic rings. The van der Waals surface area contributed by atoms with Gasteiger partial charge in [-0.05, 0) is 54.4 Å². The van der Waals surface area contributed by atoms with E-state index in [1.165, 1.54) is 36.8 Å². The van der Waals surface area contributed by atoms with E-state index in [1.807, 2.05) is 39.2 Å². The summed E-state index contributed by atoms with van der Waals surface area (Å²) in [4.78, 5) is 8.59. The van der Waals surface area contributed by atoms with Gasteiger partial charge < -0.3 is 0 Å². The van der Waals surface area contributed by atoms with E-state index >= 15 is 0 Å². The number of hydrogen-bond donors (Lipinski definition) is 0. The summed E-state index contributed by atoms with van der Waals surface area (Å²) in [5, 5.41) is 0. The first-order valence-electron chi connectivity index (χ1n) is 9.27. The summed E-state index contributed by atoms with van der Waals surface area (Å²) in [5.74, 6) is 2.43. The molecule has 0 radical (unpaired) electrons. The van der Waals surface area contributed by atoms with Crippen LogP contribution in [0.2, 0.25) is 0 Å². The lowest BCUT2D eigenvalue weighted by Crippen LogP contribution is -2.10. The summed E-state index contributed by atoms with van der Waals surface area (Å²) < 4.78 is 0. The van der Waals surface area contributed by atoms with E-state index in [0.717, 1.165) is 23.2 Å². The predicted molar refractivity (Wildman–Crippen MR) is 104 cm³/mol. The van der Waals surface area contributed by atoms with Crippen LogP contribution >= 0.6 is 0 Å². The van der Waals surface area contributed by atoms with E-state index in [-0.39, 0.29) is 0 Å². The lowest BCUT2D eigenvalue weighted by molar-refractivity contribution is 0.348. The molecule has 24 heavy (non-hydrogen) atoms. The SMILES string of the molecule is CC.Cc1cnc(/C=C/c2ccc(C3CCC(C)CC3)cc2)nc1. The molecular formula is C22H30N2. The molecule has 0 bridgehead atoms. The van der Waals surface area contributed by atoms with Crippen molar-refractivity contribution in [2.45, 2.75) is 59.3 Å². The highest BCUT2D eigenvalue weighted by molar-refractivity contribution is 5.66. The van der Waals surface area contributed by atoms with Crippen molar-refractivity contribution in [1.29, 1.82) is 0 Å². The fourth-order valence-electron chi connectivity index (χ4n) is 3.13. The predicted octanol–water partition coefficient (Wildman–Crippen LogP) is 6.28. The average Bonchev–Trinajstić information content (AvgIpc) is 2.64. The van der Waals surface area contributed by atoms with Crippen LogP contribution in [0.15, 0.2) is 36.7 Å². The maximum atomic E-state index is 4.29. The van der Waals surface area contributed by atoms with Crippen molar-refractivity contribution in [1.82, 2.24) is 9.97 Å². The van der Waals surface area contributed by atoms with E-state index in [2.05, 4.69) is 47.2 Å². The molecule has 0 unspecified atom stereocenters. The zero-order chi connectivity index (χ0) is 17.4. The van der Waals surface area contributed by atoms with Crippen LogP contribution in [-0.2, 0) is 0 Å². The van der Waals surface area contributed by atoms with Crippen LogP contribution in [0.3, 0.4) is 0 Å². The van der Waals surface area contributed by atoms with Crippen LogP contribution in [0.25, 0.3) is 12.2 Å². The Morgan fingerprint density at radius 2 is 1.46 bits per heavy atom. The Bertz CT molecular complexity index is 618. The third-order valence-corrected chi connectivity index (χ3v) is 4.65. The summed E-state index contributed by atoms with van der Waals surface area (Å²) in [5.41, 5.74) is 3.79. The molecule has 2 heteroatoms. The Labute approximate surface area is 147 Å². The summed E-state index contributed by atoms with van der Waals surface area (Å²) in [7, 11) is 0. The molecule has 2 aromatic rings. The first-order valence-corrected chi connectivity index (χ1v) is 9.27. The molecule has 0 N–H and O–H groups in total. The second kappa shape index (κ2) is 9.36. The highest BCUT2D eigenvalue weighted by Gasteiger charge is 2.19. The van der Waals surface area contributed by atoms with E-state index in [4.69, 9.17) is 0 Å². The van der Waals surface area contributed by atoms with Crippen molar-refractivity contribution in [3.8, 4) is 0 Å². The van der Waals surface area contributed by atoms with Crippen LogP contribution < -0.4 is 0 Å². The maximum Gasteiger partial charge on any atom is 0.151 e. The minimum absolute atomic E-state index is 0.759. The molecule has 0 aliphatic heterocycles. The molecule has 0 spiro atoms. The minimum atomic E-state index is 0.759. The Hall–Kier alpha value is -1.96. The van der Waals surface area contributed by atoms with Crippen LogP contribution in [0.1, 0.15) is 74.9 Å². The smallest absolute Gasteiger partial charge is 0.151 e. The molecule has 128 valence electrons. The Morgan fingerprint density at radius 3 is 2.04 bits per heavy atom. The lowest BCUT2D eigenvalue weighted by Gasteiger charge is -2.26. The van der Waals surface area contributed by atoms with Crippen molar-refractivity contribution in [2.24, 2.45) is 5.92 Å². The van der Waals surface area contributed by atoms with Gasteiger partial charge in [-0.25, -0.2) is 9.97 Å². The van der Waals surface area contributed by atoms with Gasteiger partial charge in [-0.3, -0.25) is 0 Å². The van der Waals surface area contributed by atoms with Gasteiger partial charge in [-0.2, -0.15) is 0 Å². The number of aryl methyl sites for hydroxylation is 1. The first-order chi connectivity index (χ1) is 11.7. The quantitative estimate of drug-likeness (QED) is 0.665. The van der Waals surface area contributed by atoms with E-state index in [0.29, 0.717) is 0 Å². The molecule has 1 aromatic carbocycles. The number of rotatable bonds is 3. The van der Waals surface area contributed by atoms with Crippen LogP contribution in [0, 0.1) is 12.8 Å². The number of hydrogen-bond acceptors (Lipinski definition) is 2. The largest absolute Gasteiger partial charge is 0.237 e. The summed E-state index contributed by atoms with van der Waals surface area (Å²) in [6, 6.07) is 8.99. The van der Waals surface area contributed by atoms with Crippen molar-refractivity contribution in [3.63, 3.8) is 0 Å². The first kappa shape index (κ1) is 18.4. The van der Waals surface area contributed by atoms with Crippen molar-refractivity contribution >= 4 is 12.2 Å². The Morgan fingerprint density at radius 1 is 0.875 bits per heavy atom. The molecule has 1 aliphatic carbocycles. The third kappa shape index (κ3) is 5.30. The second-order valence-corrected chi connectivity index (χ2v) is 6.58. The summed E-state index contributed by atoms with van der Waals surface area (Å²) in [6.07, 6.45) is 13.2. The molecule has 1 saturated carbocycles. The monoisotopic (exact) mass is 322 g/mol. The number of nitrogens with zero attached hydrogens (tertiary/aromatic N) is 2. The molecule has 1 aromatic heterocycles. The second-order valence-electron chi connectivity index (χ2n) is 6.58. The fraction of sp³-hybridized carbons (Fsp3) is 0.455. The van der Waals surface area contributed by atoms with Gasteiger partial charge in [0.25, 0.3) is 0 Å². The highest BCUT2D eigenvalue weighted by atomic mass is 14.8.